The van der Waals surface area contributed by atoms with Gasteiger partial charge in [-0.15, -0.1) is 0 Å². The minimum atomic E-state index is 0.384. The second kappa shape index (κ2) is 18.6. The van der Waals surface area contributed by atoms with Crippen LogP contribution in [0.5, 0.6) is 0 Å². The van der Waals surface area contributed by atoms with Crippen molar-refractivity contribution in [2.45, 2.75) is 50.0 Å². The molecule has 0 rings (SSSR count). The van der Waals surface area contributed by atoms with Crippen LogP contribution in [0.3, 0.4) is 0 Å². The zero-order valence-electron chi connectivity index (χ0n) is 9.07. The molecular formula is C10H23GeNS-2. The first-order valence-electron chi connectivity index (χ1n) is 5.26. The molecule has 0 aliphatic carbocycles. The molecule has 0 unspecified atom stereocenters. The van der Waals surface area contributed by atoms with Gasteiger partial charge in [0.25, 0.3) is 0 Å². The third kappa shape index (κ3) is 24.5. The van der Waals surface area contributed by atoms with Crippen LogP contribution in [0.4, 0.5) is 0 Å². The second-order valence-corrected chi connectivity index (χ2v) is 6.47. The summed E-state index contributed by atoms with van der Waals surface area (Å²) in [7, 11) is 0. The van der Waals surface area contributed by atoms with Gasteiger partial charge in [-0.05, 0) is 0 Å². The van der Waals surface area contributed by atoms with Crippen LogP contribution in [0.2, 0.25) is 10.5 Å². The molecule has 1 nitrogen and oxygen atoms in total. The van der Waals surface area contributed by atoms with Gasteiger partial charge in [0.15, 0.2) is 0 Å². The van der Waals surface area contributed by atoms with Gasteiger partial charge in [-0.25, -0.2) is 0 Å². The monoisotopic (exact) mass is 263 g/mol. The van der Waals surface area contributed by atoms with Crippen LogP contribution < -0.4 is 0 Å². The molecule has 0 heterocycles. The number of hydrogen-bond donors (Lipinski definition) is 0. The molecular weight excluding hydrogens is 239 g/mol. The Balaban J connectivity index is 0. The van der Waals surface area contributed by atoms with Gasteiger partial charge in [0.2, 0.25) is 0 Å². The average molecular weight is 262 g/mol. The minimum absolute atomic E-state index is 0.384. The summed E-state index contributed by atoms with van der Waals surface area (Å²) in [4.78, 5) is 0. The van der Waals surface area contributed by atoms with Crippen molar-refractivity contribution in [3.8, 4) is 0 Å². The molecule has 0 atom stereocenters. The van der Waals surface area contributed by atoms with Crippen molar-refractivity contribution >= 4 is 28.1 Å². The number of hydrogen-bond acceptors (Lipinski definition) is 1. The molecule has 0 aromatic carbocycles. The SMILES string of the molecule is CCC[CH2][Ge][CH2]CCC.[NH-]CC[S-]. The predicted octanol–water partition coefficient (Wildman–Crippen LogP) is 3.71. The van der Waals surface area contributed by atoms with Crippen molar-refractivity contribution in [1.82, 2.24) is 0 Å². The van der Waals surface area contributed by atoms with E-state index in [0.717, 1.165) is 0 Å². The van der Waals surface area contributed by atoms with E-state index in [2.05, 4.69) is 26.5 Å². The summed E-state index contributed by atoms with van der Waals surface area (Å²) < 4.78 is 0. The maximum Gasteiger partial charge on any atom is -0.174 e. The summed E-state index contributed by atoms with van der Waals surface area (Å²) in [5, 5.41) is 3.16. The third-order valence-corrected chi connectivity index (χ3v) is 4.69. The van der Waals surface area contributed by atoms with E-state index in [1.54, 1.807) is 10.5 Å². The van der Waals surface area contributed by atoms with Crippen molar-refractivity contribution in [2.75, 3.05) is 12.3 Å². The van der Waals surface area contributed by atoms with Gasteiger partial charge in [0.1, 0.15) is 0 Å². The van der Waals surface area contributed by atoms with Crippen molar-refractivity contribution in [2.24, 2.45) is 0 Å². The molecule has 0 bridgehead atoms. The van der Waals surface area contributed by atoms with Gasteiger partial charge in [-0.2, -0.15) is 12.3 Å². The van der Waals surface area contributed by atoms with Crippen LogP contribution in [0.25, 0.3) is 5.73 Å². The quantitative estimate of drug-likeness (QED) is 0.389. The van der Waals surface area contributed by atoms with Gasteiger partial charge < -0.3 is 18.4 Å². The van der Waals surface area contributed by atoms with Crippen LogP contribution in [0.1, 0.15) is 39.5 Å². The molecule has 0 aromatic heterocycles. The first-order valence-corrected chi connectivity index (χ1v) is 8.81. The fraction of sp³-hybridized carbons (Fsp3) is 1.00. The van der Waals surface area contributed by atoms with Crippen molar-refractivity contribution in [1.29, 1.82) is 0 Å². The largest absolute Gasteiger partial charge is 0.794 e. The van der Waals surface area contributed by atoms with E-state index in [1.807, 2.05) is 0 Å². The summed E-state index contributed by atoms with van der Waals surface area (Å²) in [5.74, 6) is 0.569. The molecule has 0 spiro atoms. The number of rotatable bonds is 7. The molecule has 2 radical (unpaired) electrons. The number of nitrogens with one attached hydrogen (secondary N) is 1. The van der Waals surface area contributed by atoms with Crippen molar-refractivity contribution < 1.29 is 0 Å². The van der Waals surface area contributed by atoms with E-state index < -0.39 is 0 Å². The molecule has 0 amide bonds. The molecule has 3 heteroatoms. The summed E-state index contributed by atoms with van der Waals surface area (Å²) in [5.41, 5.74) is 6.35. The second-order valence-electron chi connectivity index (χ2n) is 2.91. The maximum atomic E-state index is 6.35. The zero-order valence-corrected chi connectivity index (χ0v) is 12.0. The Morgan fingerprint density at radius 3 is 1.69 bits per heavy atom. The molecule has 0 aliphatic heterocycles. The first kappa shape index (κ1) is 16.3. The molecule has 0 aromatic rings. The van der Waals surface area contributed by atoms with Crippen LogP contribution in [-0.4, -0.2) is 27.7 Å². The molecule has 0 fully saturated rings. The first-order chi connectivity index (χ1) is 6.33. The van der Waals surface area contributed by atoms with Crippen LogP contribution in [0.15, 0.2) is 0 Å². The fourth-order valence-corrected chi connectivity index (χ4v) is 3.79. The average Bonchev–Trinajstić information content (AvgIpc) is 2.18. The summed E-state index contributed by atoms with van der Waals surface area (Å²) >= 11 is 4.86. The Bertz CT molecular complexity index is 63.9. The van der Waals surface area contributed by atoms with Crippen molar-refractivity contribution in [3.63, 3.8) is 0 Å². The van der Waals surface area contributed by atoms with Gasteiger partial charge in [0.05, 0.1) is 0 Å². The van der Waals surface area contributed by atoms with Crippen LogP contribution in [-0.2, 0) is 12.6 Å². The zero-order chi connectivity index (χ0) is 10.4. The molecule has 1 N–H and O–H groups in total. The molecule has 0 saturated carbocycles. The van der Waals surface area contributed by atoms with Crippen LogP contribution >= 0.6 is 0 Å². The fourth-order valence-electron chi connectivity index (χ4n) is 0.729. The van der Waals surface area contributed by atoms with E-state index >= 15 is 0 Å². The molecule has 0 saturated heterocycles. The Kier molecular flexibility index (Phi) is 23.3. The van der Waals surface area contributed by atoms with Gasteiger partial charge in [-0.3, -0.25) is 0 Å². The third-order valence-electron chi connectivity index (χ3n) is 1.52. The molecule has 0 aliphatic rings. The van der Waals surface area contributed by atoms with E-state index in [0.29, 0.717) is 27.7 Å². The van der Waals surface area contributed by atoms with E-state index in [-0.39, 0.29) is 0 Å². The van der Waals surface area contributed by atoms with Crippen molar-refractivity contribution in [3.05, 3.63) is 5.73 Å². The van der Waals surface area contributed by atoms with Crippen LogP contribution in [0, 0.1) is 0 Å². The van der Waals surface area contributed by atoms with E-state index in [1.165, 1.54) is 25.7 Å². The van der Waals surface area contributed by atoms with E-state index in [9.17, 15) is 0 Å². The summed E-state index contributed by atoms with van der Waals surface area (Å²) in [6, 6.07) is 0. The summed E-state index contributed by atoms with van der Waals surface area (Å²) in [6.45, 7) is 4.95. The Hall–Kier alpha value is 0.853. The minimum Gasteiger partial charge on any atom is -0.794 e. The smallest absolute Gasteiger partial charge is 0.174 e. The Morgan fingerprint density at radius 2 is 1.46 bits per heavy atom. The van der Waals surface area contributed by atoms with E-state index in [4.69, 9.17) is 5.73 Å². The van der Waals surface area contributed by atoms with Gasteiger partial charge in [-0.1, -0.05) is 0 Å². The van der Waals surface area contributed by atoms with Gasteiger partial charge >= 0.3 is 65.5 Å². The predicted molar refractivity (Wildman–Crippen MR) is 66.6 cm³/mol. The Morgan fingerprint density at radius 1 is 1.08 bits per heavy atom. The topological polar surface area (TPSA) is 23.8 Å². The standard InChI is InChI=1S/C8H18Ge.C2H6NS/c1-3-5-7-9-8-6-4-2;3-1-2-4/h3-8H2,1-2H3;3-4H,1-2H2/q;-1/p-1. The molecule has 80 valence electrons. The maximum absolute atomic E-state index is 6.35. The number of unbranched alkanes of at least 4 members (excludes halogenated alkanes) is 2. The Labute approximate surface area is 96.1 Å². The summed E-state index contributed by atoms with van der Waals surface area (Å²) in [6.07, 6.45) is 5.78. The normalized spacial score (nSPS) is 9.23. The van der Waals surface area contributed by atoms with Gasteiger partial charge in [0, 0.05) is 0 Å². The molecule has 13 heavy (non-hydrogen) atoms.